The van der Waals surface area contributed by atoms with Gasteiger partial charge in [-0.3, -0.25) is 4.99 Å². The van der Waals surface area contributed by atoms with E-state index in [4.69, 9.17) is 4.74 Å². The summed E-state index contributed by atoms with van der Waals surface area (Å²) in [6.07, 6.45) is 5.81. The Bertz CT molecular complexity index is 612. The summed E-state index contributed by atoms with van der Waals surface area (Å²) < 4.78 is 5.43. The van der Waals surface area contributed by atoms with Crippen LogP contribution in [0.25, 0.3) is 16.8 Å². The van der Waals surface area contributed by atoms with Crippen molar-refractivity contribution >= 4 is 23.1 Å². The van der Waals surface area contributed by atoms with Crippen LogP contribution in [-0.2, 0) is 0 Å². The van der Waals surface area contributed by atoms with E-state index in [9.17, 15) is 0 Å². The van der Waals surface area contributed by atoms with Crippen LogP contribution in [0.1, 0.15) is 11.1 Å². The molecule has 0 amide bonds. The largest absolute Gasteiger partial charge is 0.496 e. The highest BCUT2D eigenvalue weighted by Gasteiger charge is 2.07. The van der Waals surface area contributed by atoms with E-state index in [1.165, 1.54) is 16.3 Å². The highest BCUT2D eigenvalue weighted by molar-refractivity contribution is 5.95. The molecular formula is C16H17NO. The van der Waals surface area contributed by atoms with Crippen molar-refractivity contribution in [1.29, 1.82) is 0 Å². The van der Waals surface area contributed by atoms with Crippen LogP contribution in [0.5, 0.6) is 5.75 Å². The van der Waals surface area contributed by atoms with E-state index < -0.39 is 0 Å². The zero-order valence-corrected chi connectivity index (χ0v) is 11.0. The van der Waals surface area contributed by atoms with Crippen molar-refractivity contribution in [3.63, 3.8) is 0 Å². The van der Waals surface area contributed by atoms with Gasteiger partial charge in [-0.05, 0) is 41.0 Å². The fraction of sp³-hybridized carbons (Fsp3) is 0.188. The van der Waals surface area contributed by atoms with Gasteiger partial charge in [0, 0.05) is 13.3 Å². The number of nitrogens with zero attached hydrogens (tertiary/aromatic N) is 1. The van der Waals surface area contributed by atoms with E-state index in [-0.39, 0.29) is 0 Å². The second kappa shape index (κ2) is 5.50. The number of fused-ring (bicyclic) bond motifs is 1. The molecule has 18 heavy (non-hydrogen) atoms. The number of aliphatic imine (C=N–C) groups is 1. The van der Waals surface area contributed by atoms with Gasteiger partial charge in [-0.15, -0.1) is 0 Å². The summed E-state index contributed by atoms with van der Waals surface area (Å²) >= 11 is 0. The predicted octanol–water partition coefficient (Wildman–Crippen LogP) is 3.87. The van der Waals surface area contributed by atoms with Gasteiger partial charge in [0.05, 0.1) is 7.11 Å². The maximum Gasteiger partial charge on any atom is 0.123 e. The third kappa shape index (κ3) is 2.28. The summed E-state index contributed by atoms with van der Waals surface area (Å²) in [5, 5.41) is 2.42. The molecule has 0 N–H and O–H groups in total. The first-order chi connectivity index (χ1) is 8.77. The Hall–Kier alpha value is -2.09. The fourth-order valence-electron chi connectivity index (χ4n) is 2.10. The molecule has 0 bridgehead atoms. The first kappa shape index (κ1) is 12.4. The van der Waals surface area contributed by atoms with Crippen molar-refractivity contribution in [2.75, 3.05) is 14.2 Å². The maximum absolute atomic E-state index is 5.43. The first-order valence-electron chi connectivity index (χ1n) is 5.93. The Morgan fingerprint density at radius 2 is 2.00 bits per heavy atom. The molecule has 0 spiro atoms. The monoisotopic (exact) mass is 239 g/mol. The lowest BCUT2D eigenvalue weighted by Crippen LogP contribution is -1.92. The molecule has 0 aliphatic heterocycles. The molecule has 0 atom stereocenters. The lowest BCUT2D eigenvalue weighted by molar-refractivity contribution is 0.412. The first-order valence-corrected chi connectivity index (χ1v) is 5.93. The minimum atomic E-state index is 0.918. The smallest absolute Gasteiger partial charge is 0.123 e. The lowest BCUT2D eigenvalue weighted by atomic mass is 9.98. The van der Waals surface area contributed by atoms with Crippen LogP contribution in [0.2, 0.25) is 0 Å². The van der Waals surface area contributed by atoms with Crippen LogP contribution >= 0.6 is 0 Å². The molecule has 0 heterocycles. The molecule has 2 nitrogen and oxygen atoms in total. The third-order valence-electron chi connectivity index (χ3n) is 3.03. The molecule has 2 heteroatoms. The van der Waals surface area contributed by atoms with Gasteiger partial charge in [-0.1, -0.05) is 30.3 Å². The van der Waals surface area contributed by atoms with Crippen LogP contribution in [-0.4, -0.2) is 20.4 Å². The molecule has 2 aromatic carbocycles. The van der Waals surface area contributed by atoms with Gasteiger partial charge < -0.3 is 4.74 Å². The van der Waals surface area contributed by atoms with Gasteiger partial charge in [0.25, 0.3) is 0 Å². The van der Waals surface area contributed by atoms with Gasteiger partial charge in [0.2, 0.25) is 0 Å². The topological polar surface area (TPSA) is 21.6 Å². The van der Waals surface area contributed by atoms with E-state index in [0.29, 0.717) is 0 Å². The molecule has 0 saturated carbocycles. The SMILES string of the molecule is C/N=C/C=C\c1c(C)c(OC)cc2ccccc12. The minimum absolute atomic E-state index is 0.918. The van der Waals surface area contributed by atoms with E-state index in [1.54, 1.807) is 20.4 Å². The molecule has 92 valence electrons. The summed E-state index contributed by atoms with van der Waals surface area (Å²) in [6.45, 7) is 2.08. The Kier molecular flexibility index (Phi) is 3.78. The number of hydrogen-bond acceptors (Lipinski definition) is 2. The molecule has 0 aliphatic rings. The molecule has 0 fully saturated rings. The molecule has 0 aromatic heterocycles. The summed E-state index contributed by atoms with van der Waals surface area (Å²) in [4.78, 5) is 3.96. The molecule has 0 radical (unpaired) electrons. The van der Waals surface area contributed by atoms with Crippen LogP contribution in [0.3, 0.4) is 0 Å². The zero-order valence-electron chi connectivity index (χ0n) is 11.0. The summed E-state index contributed by atoms with van der Waals surface area (Å²) in [5.41, 5.74) is 2.34. The maximum atomic E-state index is 5.43. The van der Waals surface area contributed by atoms with E-state index in [0.717, 1.165) is 11.3 Å². The Labute approximate surface area is 108 Å². The summed E-state index contributed by atoms with van der Waals surface area (Å²) in [7, 11) is 3.47. The second-order valence-corrected chi connectivity index (χ2v) is 4.11. The third-order valence-corrected chi connectivity index (χ3v) is 3.03. The van der Waals surface area contributed by atoms with Crippen molar-refractivity contribution in [3.05, 3.63) is 47.5 Å². The van der Waals surface area contributed by atoms with Gasteiger partial charge in [-0.2, -0.15) is 0 Å². The average molecular weight is 239 g/mol. The molecule has 0 unspecified atom stereocenters. The normalized spacial score (nSPS) is 11.7. The number of methoxy groups -OCH3 is 1. The van der Waals surface area contributed by atoms with Crippen LogP contribution in [0.4, 0.5) is 0 Å². The number of benzene rings is 2. The highest BCUT2D eigenvalue weighted by atomic mass is 16.5. The van der Waals surface area contributed by atoms with E-state index >= 15 is 0 Å². The van der Waals surface area contributed by atoms with Crippen molar-refractivity contribution in [1.82, 2.24) is 0 Å². The Morgan fingerprint density at radius 1 is 1.22 bits per heavy atom. The molecule has 2 rings (SSSR count). The Morgan fingerprint density at radius 3 is 2.72 bits per heavy atom. The van der Waals surface area contributed by atoms with Crippen LogP contribution in [0.15, 0.2) is 41.4 Å². The van der Waals surface area contributed by atoms with E-state index in [2.05, 4.69) is 42.3 Å². The number of hydrogen-bond donors (Lipinski definition) is 0. The summed E-state index contributed by atoms with van der Waals surface area (Å²) in [6, 6.07) is 10.4. The minimum Gasteiger partial charge on any atom is -0.496 e. The predicted molar refractivity (Wildman–Crippen MR) is 78.7 cm³/mol. The number of ether oxygens (including phenoxy) is 1. The van der Waals surface area contributed by atoms with Crippen molar-refractivity contribution in [3.8, 4) is 5.75 Å². The molecule has 0 saturated heterocycles. The van der Waals surface area contributed by atoms with Crippen molar-refractivity contribution in [2.24, 2.45) is 4.99 Å². The van der Waals surface area contributed by atoms with Gasteiger partial charge >= 0.3 is 0 Å². The lowest BCUT2D eigenvalue weighted by Gasteiger charge is -2.11. The fourth-order valence-corrected chi connectivity index (χ4v) is 2.10. The standard InChI is InChI=1S/C16H17NO/c1-12-14(9-6-10-17-2)15-8-5-4-7-13(15)11-16(12)18-3/h4-11H,1-3H3/b9-6-,17-10+. The second-order valence-electron chi connectivity index (χ2n) is 4.11. The van der Waals surface area contributed by atoms with E-state index in [1.807, 2.05) is 12.1 Å². The highest BCUT2D eigenvalue weighted by Crippen LogP contribution is 2.31. The van der Waals surface area contributed by atoms with Crippen LogP contribution in [0, 0.1) is 6.92 Å². The van der Waals surface area contributed by atoms with Crippen molar-refractivity contribution < 1.29 is 4.74 Å². The van der Waals surface area contributed by atoms with Gasteiger partial charge in [-0.25, -0.2) is 0 Å². The quantitative estimate of drug-likeness (QED) is 0.745. The number of allylic oxidation sites excluding steroid dienone is 1. The molecule has 0 aliphatic carbocycles. The summed E-state index contributed by atoms with van der Waals surface area (Å²) in [5.74, 6) is 0.918. The zero-order chi connectivity index (χ0) is 13.0. The molecular weight excluding hydrogens is 222 g/mol. The van der Waals surface area contributed by atoms with Crippen LogP contribution < -0.4 is 4.74 Å². The number of rotatable bonds is 3. The Balaban J connectivity index is 2.70. The molecule has 2 aromatic rings. The van der Waals surface area contributed by atoms with Gasteiger partial charge in [0.1, 0.15) is 5.75 Å². The van der Waals surface area contributed by atoms with Gasteiger partial charge in [0.15, 0.2) is 0 Å². The average Bonchev–Trinajstić information content (AvgIpc) is 2.41. The van der Waals surface area contributed by atoms with Crippen molar-refractivity contribution in [2.45, 2.75) is 6.92 Å².